The summed E-state index contributed by atoms with van der Waals surface area (Å²) < 4.78 is 5.54. The number of piperidine rings is 1. The third-order valence-electron chi connectivity index (χ3n) is 2.72. The molecule has 1 aliphatic heterocycles. The second-order valence-corrected chi connectivity index (χ2v) is 5.41. The molecule has 0 bridgehead atoms. The second kappa shape index (κ2) is 4.48. The summed E-state index contributed by atoms with van der Waals surface area (Å²) in [5.41, 5.74) is 0.301. The smallest absolute Gasteiger partial charge is 0.0761 e. The Balaban J connectivity index is 2.45. The molecule has 0 spiro atoms. The summed E-state index contributed by atoms with van der Waals surface area (Å²) in [5, 5.41) is 0. The number of halogens is 1. The van der Waals surface area contributed by atoms with Gasteiger partial charge in [-0.05, 0) is 33.7 Å². The van der Waals surface area contributed by atoms with Crippen molar-refractivity contribution in [1.29, 1.82) is 0 Å². The molecule has 2 nitrogen and oxygen atoms in total. The molecule has 72 valence electrons. The lowest BCUT2D eigenvalue weighted by Gasteiger charge is -2.42. The largest absolute Gasteiger partial charge is 0.302 e. The molecule has 0 radical (unpaired) electrons. The van der Waals surface area contributed by atoms with E-state index in [-0.39, 0.29) is 0 Å². The summed E-state index contributed by atoms with van der Waals surface area (Å²) in [5.74, 6) is 0. The molecular weight excluding hydrogens is 285 g/mol. The molecule has 0 N–H and O–H groups in total. The Labute approximate surface area is 91.2 Å². The van der Waals surface area contributed by atoms with E-state index in [2.05, 4.69) is 47.0 Å². The van der Waals surface area contributed by atoms with Crippen LogP contribution < -0.4 is 0 Å². The van der Waals surface area contributed by atoms with Crippen LogP contribution in [0.1, 0.15) is 26.7 Å². The average molecular weight is 301 g/mol. The zero-order valence-electron chi connectivity index (χ0n) is 7.84. The summed E-state index contributed by atoms with van der Waals surface area (Å²) in [6.07, 6.45) is 2.74. The molecular formula is C8H16INOS. The van der Waals surface area contributed by atoms with Gasteiger partial charge in [-0.15, -0.1) is 0 Å². The first-order valence-corrected chi connectivity index (χ1v) is 7.50. The number of likely N-dealkylation sites (tertiary alicyclic amines) is 1. The van der Waals surface area contributed by atoms with Gasteiger partial charge in [0.1, 0.15) is 0 Å². The van der Waals surface area contributed by atoms with E-state index in [4.69, 9.17) is 4.18 Å². The van der Waals surface area contributed by atoms with Crippen molar-refractivity contribution in [2.75, 3.05) is 13.6 Å². The topological polar surface area (TPSA) is 12.5 Å². The van der Waals surface area contributed by atoms with Gasteiger partial charge >= 0.3 is 0 Å². The quantitative estimate of drug-likeness (QED) is 0.575. The molecule has 1 rings (SSSR count). The van der Waals surface area contributed by atoms with Gasteiger partial charge in [0, 0.05) is 33.3 Å². The Morgan fingerprint density at radius 2 is 2.25 bits per heavy atom. The van der Waals surface area contributed by atoms with Gasteiger partial charge in [0.2, 0.25) is 0 Å². The molecule has 1 atom stereocenters. The highest BCUT2D eigenvalue weighted by Crippen LogP contribution is 2.31. The van der Waals surface area contributed by atoms with E-state index in [1.807, 2.05) is 0 Å². The van der Waals surface area contributed by atoms with Crippen LogP contribution in [0.4, 0.5) is 0 Å². The lowest BCUT2D eigenvalue weighted by Crippen LogP contribution is -2.49. The summed E-state index contributed by atoms with van der Waals surface area (Å²) in [6, 6.07) is 0. The van der Waals surface area contributed by atoms with Gasteiger partial charge in [0.25, 0.3) is 0 Å². The van der Waals surface area contributed by atoms with Crippen molar-refractivity contribution in [3.63, 3.8) is 0 Å². The minimum atomic E-state index is 0.301. The Morgan fingerprint density at radius 3 is 2.75 bits per heavy atom. The van der Waals surface area contributed by atoms with E-state index in [0.29, 0.717) is 11.6 Å². The first-order chi connectivity index (χ1) is 5.56. The zero-order chi connectivity index (χ0) is 9.19. The van der Waals surface area contributed by atoms with Crippen LogP contribution in [0.3, 0.4) is 0 Å². The van der Waals surface area contributed by atoms with E-state index in [0.717, 1.165) is 19.4 Å². The van der Waals surface area contributed by atoms with Crippen LogP contribution in [0.25, 0.3) is 0 Å². The van der Waals surface area contributed by atoms with Crippen molar-refractivity contribution in [3.8, 4) is 0 Å². The van der Waals surface area contributed by atoms with Crippen LogP contribution in [0.2, 0.25) is 0 Å². The molecule has 4 heteroatoms. The number of hydrogen-bond acceptors (Lipinski definition) is 3. The van der Waals surface area contributed by atoms with Gasteiger partial charge in [-0.3, -0.25) is 0 Å². The molecule has 0 aromatic carbocycles. The van der Waals surface area contributed by atoms with Crippen LogP contribution in [0, 0.1) is 0 Å². The molecule has 1 heterocycles. The molecule has 12 heavy (non-hydrogen) atoms. The Bertz CT molecular complexity index is 154. The van der Waals surface area contributed by atoms with E-state index in [9.17, 15) is 0 Å². The first-order valence-electron chi connectivity index (χ1n) is 4.21. The predicted octanol–water partition coefficient (Wildman–Crippen LogP) is 2.87. The maximum Gasteiger partial charge on any atom is 0.0761 e. The third kappa shape index (κ3) is 2.75. The number of hydrogen-bond donors (Lipinski definition) is 0. The van der Waals surface area contributed by atoms with Crippen LogP contribution >= 0.6 is 30.4 Å². The molecule has 0 aliphatic carbocycles. The summed E-state index contributed by atoms with van der Waals surface area (Å²) in [7, 11) is 3.65. The van der Waals surface area contributed by atoms with Gasteiger partial charge in [-0.25, -0.2) is 0 Å². The summed E-state index contributed by atoms with van der Waals surface area (Å²) in [4.78, 5) is 2.41. The fraction of sp³-hybridized carbons (Fsp3) is 1.00. The predicted molar refractivity (Wildman–Crippen MR) is 62.4 cm³/mol. The van der Waals surface area contributed by atoms with Crippen LogP contribution in [0.5, 0.6) is 0 Å². The van der Waals surface area contributed by atoms with Gasteiger partial charge in [-0.1, -0.05) is 0 Å². The van der Waals surface area contributed by atoms with Crippen LogP contribution in [0.15, 0.2) is 0 Å². The van der Waals surface area contributed by atoms with Crippen molar-refractivity contribution in [2.24, 2.45) is 0 Å². The van der Waals surface area contributed by atoms with E-state index >= 15 is 0 Å². The molecule has 0 amide bonds. The fourth-order valence-electron chi connectivity index (χ4n) is 1.59. The molecule has 0 saturated carbocycles. The second-order valence-electron chi connectivity index (χ2n) is 4.01. The SMILES string of the molecule is CN1CCC(OSI)CC1(C)C. The highest BCUT2D eigenvalue weighted by atomic mass is 127. The standard InChI is InChI=1S/C8H16INOS/c1-8(2)6-7(11-12-9)4-5-10(8)3/h7H,4-6H2,1-3H3. The maximum absolute atomic E-state index is 5.54. The zero-order valence-corrected chi connectivity index (χ0v) is 10.8. The molecule has 1 unspecified atom stereocenters. The van der Waals surface area contributed by atoms with Crippen LogP contribution in [-0.2, 0) is 4.18 Å². The van der Waals surface area contributed by atoms with Crippen molar-refractivity contribution in [1.82, 2.24) is 4.90 Å². The first kappa shape index (κ1) is 11.1. The van der Waals surface area contributed by atoms with Gasteiger partial charge < -0.3 is 9.08 Å². The molecule has 0 aromatic heterocycles. The highest BCUT2D eigenvalue weighted by molar-refractivity contribution is 14.2. The Hall–Kier alpha value is 1.00. The summed E-state index contributed by atoms with van der Waals surface area (Å²) >= 11 is 2.19. The Morgan fingerprint density at radius 1 is 1.58 bits per heavy atom. The third-order valence-corrected chi connectivity index (χ3v) is 3.69. The molecule has 1 aliphatic rings. The minimum absolute atomic E-state index is 0.301. The lowest BCUT2D eigenvalue weighted by atomic mass is 9.89. The highest BCUT2D eigenvalue weighted by Gasteiger charge is 2.32. The number of nitrogens with zero attached hydrogens (tertiary/aromatic N) is 1. The van der Waals surface area contributed by atoms with E-state index in [1.165, 1.54) is 9.21 Å². The minimum Gasteiger partial charge on any atom is -0.302 e. The Kier molecular flexibility index (Phi) is 4.14. The molecule has 0 aromatic rings. The average Bonchev–Trinajstić information content (AvgIpc) is 1.97. The van der Waals surface area contributed by atoms with E-state index < -0.39 is 0 Å². The normalized spacial score (nSPS) is 30.5. The van der Waals surface area contributed by atoms with Crippen molar-refractivity contribution in [2.45, 2.75) is 38.3 Å². The van der Waals surface area contributed by atoms with Gasteiger partial charge in [0.05, 0.1) is 15.3 Å². The maximum atomic E-state index is 5.54. The van der Waals surface area contributed by atoms with Crippen molar-refractivity contribution in [3.05, 3.63) is 0 Å². The van der Waals surface area contributed by atoms with Gasteiger partial charge in [0.15, 0.2) is 0 Å². The van der Waals surface area contributed by atoms with Crippen LogP contribution in [-0.4, -0.2) is 30.1 Å². The van der Waals surface area contributed by atoms with E-state index in [1.54, 1.807) is 0 Å². The molecule has 1 saturated heterocycles. The lowest BCUT2D eigenvalue weighted by molar-refractivity contribution is 0.0363. The summed E-state index contributed by atoms with van der Waals surface area (Å²) in [6.45, 7) is 5.70. The van der Waals surface area contributed by atoms with Crippen molar-refractivity contribution < 1.29 is 4.18 Å². The van der Waals surface area contributed by atoms with Crippen molar-refractivity contribution >= 4 is 30.4 Å². The molecule has 1 fully saturated rings. The fourth-order valence-corrected chi connectivity index (χ4v) is 2.74. The van der Waals surface area contributed by atoms with Gasteiger partial charge in [-0.2, -0.15) is 0 Å². The number of rotatable bonds is 2. The monoisotopic (exact) mass is 301 g/mol.